The fourth-order valence-electron chi connectivity index (χ4n) is 2.63. The van der Waals surface area contributed by atoms with Gasteiger partial charge in [-0.15, -0.1) is 0 Å². The van der Waals surface area contributed by atoms with E-state index in [0.717, 1.165) is 5.01 Å². The maximum Gasteiger partial charge on any atom is 1.00 e. The number of carbonyl (C=O) groups is 2. The average molecular weight is 416 g/mol. The molecule has 0 radical (unpaired) electrons. The number of hydrazone groups is 1. The molecule has 2 aromatic carbocycles. The van der Waals surface area contributed by atoms with Crippen LogP contribution >= 0.6 is 23.2 Å². The molecule has 2 aromatic rings. The molecule has 0 saturated carbocycles. The van der Waals surface area contributed by atoms with E-state index in [4.69, 9.17) is 23.2 Å². The number of carboxylic acid groups (broad SMARTS) is 1. The van der Waals surface area contributed by atoms with Crippen LogP contribution in [-0.4, -0.2) is 34.4 Å². The number of aliphatic carboxylic acids is 1. The third-order valence-corrected chi connectivity index (χ3v) is 4.63. The van der Waals surface area contributed by atoms with Crippen molar-refractivity contribution in [3.8, 4) is 0 Å². The summed E-state index contributed by atoms with van der Waals surface area (Å²) in [7, 11) is 0. The molecule has 2 amide bonds. The largest absolute Gasteiger partial charge is 1.00 e. The van der Waals surface area contributed by atoms with Crippen LogP contribution in [0.1, 0.15) is 13.9 Å². The number of amides is 2. The van der Waals surface area contributed by atoms with Gasteiger partial charge in [-0.25, -0.2) is 9.80 Å². The summed E-state index contributed by atoms with van der Waals surface area (Å²) in [6.07, 6.45) is 0. The first-order chi connectivity index (χ1) is 12.3. The van der Waals surface area contributed by atoms with Crippen LogP contribution < -0.4 is 34.9 Å². The van der Waals surface area contributed by atoms with E-state index < -0.39 is 17.4 Å². The monoisotopic (exact) mass is 415 g/mol. The van der Waals surface area contributed by atoms with E-state index in [9.17, 15) is 14.7 Å². The number of carbonyl (C=O) groups excluding carboxylic acids is 1. The molecule has 0 bridgehead atoms. The standard InChI is InChI=1S/C18H15Cl2N3O3.Na.H/c1-18(16(24)25)10-23(17(26)21-14-8-6-13(20)7-9-14)22-15(18)11-2-4-12(19)5-3-11;;/h2-9H,10H2,1H3,(H,21,26)(H,24,25);;/q;+1;-1. The molecule has 136 valence electrons. The van der Waals surface area contributed by atoms with E-state index in [2.05, 4.69) is 10.4 Å². The van der Waals surface area contributed by atoms with Gasteiger partial charge >= 0.3 is 41.6 Å². The van der Waals surface area contributed by atoms with Crippen LogP contribution in [-0.2, 0) is 4.79 Å². The normalized spacial score (nSPS) is 18.5. The molecule has 1 aliphatic rings. The van der Waals surface area contributed by atoms with Gasteiger partial charge < -0.3 is 11.8 Å². The van der Waals surface area contributed by atoms with Gasteiger partial charge in [-0.1, -0.05) is 35.3 Å². The number of hydrogen-bond acceptors (Lipinski definition) is 3. The van der Waals surface area contributed by atoms with Crippen molar-refractivity contribution < 1.29 is 45.7 Å². The van der Waals surface area contributed by atoms with Crippen molar-refractivity contribution in [3.05, 3.63) is 64.1 Å². The van der Waals surface area contributed by atoms with E-state index in [1.807, 2.05) is 0 Å². The minimum absolute atomic E-state index is 0. The van der Waals surface area contributed by atoms with Gasteiger partial charge in [0.1, 0.15) is 5.41 Å². The van der Waals surface area contributed by atoms with Gasteiger partial charge in [0.25, 0.3) is 0 Å². The zero-order valence-corrected chi connectivity index (χ0v) is 18.3. The Kier molecular flexibility index (Phi) is 6.94. The molecule has 0 fully saturated rings. The maximum atomic E-state index is 12.5. The number of rotatable bonds is 3. The molecule has 9 heteroatoms. The van der Waals surface area contributed by atoms with Crippen molar-refractivity contribution in [2.24, 2.45) is 10.5 Å². The summed E-state index contributed by atoms with van der Waals surface area (Å²) >= 11 is 11.7. The second-order valence-electron chi connectivity index (χ2n) is 6.09. The number of nitrogens with zero attached hydrogens (tertiary/aromatic N) is 2. The third-order valence-electron chi connectivity index (χ3n) is 4.13. The molecule has 1 heterocycles. The molecule has 0 saturated heterocycles. The van der Waals surface area contributed by atoms with Gasteiger partial charge in [0.15, 0.2) is 0 Å². The SMILES string of the molecule is CC1(C(=O)O)CN(C(=O)Nc2ccc(Cl)cc2)N=C1c1ccc(Cl)cc1.[H-].[Na+]. The van der Waals surface area contributed by atoms with Crippen molar-refractivity contribution in [2.75, 3.05) is 11.9 Å². The Morgan fingerprint density at radius 2 is 1.63 bits per heavy atom. The van der Waals surface area contributed by atoms with Crippen LogP contribution in [0.3, 0.4) is 0 Å². The van der Waals surface area contributed by atoms with E-state index >= 15 is 0 Å². The van der Waals surface area contributed by atoms with Crippen molar-refractivity contribution in [1.82, 2.24) is 5.01 Å². The zero-order chi connectivity index (χ0) is 18.9. The summed E-state index contributed by atoms with van der Waals surface area (Å²) in [5.74, 6) is -1.06. The van der Waals surface area contributed by atoms with Gasteiger partial charge in [0, 0.05) is 15.7 Å². The number of hydrogen-bond donors (Lipinski definition) is 2. The van der Waals surface area contributed by atoms with E-state index in [1.165, 1.54) is 0 Å². The van der Waals surface area contributed by atoms with Crippen LogP contribution in [0.15, 0.2) is 53.6 Å². The molecule has 6 nitrogen and oxygen atoms in total. The fourth-order valence-corrected chi connectivity index (χ4v) is 2.88. The van der Waals surface area contributed by atoms with Gasteiger partial charge in [-0.3, -0.25) is 4.79 Å². The molecule has 0 spiro atoms. The maximum absolute atomic E-state index is 12.5. The van der Waals surface area contributed by atoms with E-state index in [1.54, 1.807) is 55.5 Å². The Hall–Kier alpha value is -1.57. The van der Waals surface area contributed by atoms with Crippen molar-refractivity contribution in [1.29, 1.82) is 0 Å². The summed E-state index contributed by atoms with van der Waals surface area (Å²) in [4.78, 5) is 24.4. The summed E-state index contributed by atoms with van der Waals surface area (Å²) in [5, 5.41) is 18.8. The minimum atomic E-state index is -1.33. The summed E-state index contributed by atoms with van der Waals surface area (Å²) < 4.78 is 0. The molecule has 1 aliphatic heterocycles. The molecule has 0 aromatic heterocycles. The van der Waals surface area contributed by atoms with Gasteiger partial charge in [0.05, 0.1) is 12.3 Å². The van der Waals surface area contributed by atoms with E-state index in [0.29, 0.717) is 27.0 Å². The summed E-state index contributed by atoms with van der Waals surface area (Å²) in [6, 6.07) is 12.7. The van der Waals surface area contributed by atoms with Crippen LogP contribution in [0.4, 0.5) is 10.5 Å². The minimum Gasteiger partial charge on any atom is -1.00 e. The number of anilines is 1. The second-order valence-corrected chi connectivity index (χ2v) is 6.96. The Morgan fingerprint density at radius 3 is 2.15 bits per heavy atom. The van der Waals surface area contributed by atoms with Gasteiger partial charge in [0.2, 0.25) is 0 Å². The second kappa shape index (κ2) is 8.63. The molecule has 3 rings (SSSR count). The van der Waals surface area contributed by atoms with Gasteiger partial charge in [-0.05, 0) is 48.9 Å². The summed E-state index contributed by atoms with van der Waals surface area (Å²) in [5.41, 5.74) is 0.103. The van der Waals surface area contributed by atoms with Gasteiger partial charge in [-0.2, -0.15) is 5.10 Å². The number of halogens is 2. The van der Waals surface area contributed by atoms with Crippen molar-refractivity contribution in [2.45, 2.75) is 6.92 Å². The number of nitrogens with one attached hydrogen (secondary N) is 1. The summed E-state index contributed by atoms with van der Waals surface area (Å²) in [6.45, 7) is 1.46. The van der Waals surface area contributed by atoms with Crippen molar-refractivity contribution in [3.63, 3.8) is 0 Å². The number of carboxylic acids is 1. The predicted octanol–water partition coefficient (Wildman–Crippen LogP) is 1.45. The number of benzene rings is 2. The predicted molar refractivity (Wildman–Crippen MR) is 102 cm³/mol. The van der Waals surface area contributed by atoms with Crippen LogP contribution in [0.2, 0.25) is 10.0 Å². The Bertz CT molecular complexity index is 894. The Morgan fingerprint density at radius 1 is 1.11 bits per heavy atom. The first kappa shape index (κ1) is 21.7. The molecule has 0 aliphatic carbocycles. The molecular formula is C18H16Cl2N3NaO3. The molecule has 1 atom stereocenters. The van der Waals surface area contributed by atoms with Crippen LogP contribution in [0, 0.1) is 5.41 Å². The fraction of sp³-hybridized carbons (Fsp3) is 0.167. The first-order valence-corrected chi connectivity index (χ1v) is 8.48. The van der Waals surface area contributed by atoms with Crippen LogP contribution in [0.25, 0.3) is 0 Å². The Labute approximate surface area is 189 Å². The number of urea groups is 1. The average Bonchev–Trinajstić information content (AvgIpc) is 2.97. The topological polar surface area (TPSA) is 82.0 Å². The molecule has 2 N–H and O–H groups in total. The first-order valence-electron chi connectivity index (χ1n) is 7.72. The smallest absolute Gasteiger partial charge is 1.00 e. The molecule has 27 heavy (non-hydrogen) atoms. The van der Waals surface area contributed by atoms with Crippen molar-refractivity contribution >= 4 is 46.6 Å². The molecule has 1 unspecified atom stereocenters. The quantitative estimate of drug-likeness (QED) is 0.744. The molecular weight excluding hydrogens is 400 g/mol. The third kappa shape index (κ3) is 4.65. The van der Waals surface area contributed by atoms with Crippen LogP contribution in [0.5, 0.6) is 0 Å². The van der Waals surface area contributed by atoms with E-state index in [-0.39, 0.29) is 37.5 Å². The Balaban J connectivity index is 0.00000196. The zero-order valence-electron chi connectivity index (χ0n) is 15.7.